The maximum absolute atomic E-state index is 12.8. The van der Waals surface area contributed by atoms with E-state index in [4.69, 9.17) is 9.47 Å². The zero-order valence-corrected chi connectivity index (χ0v) is 19.5. The van der Waals surface area contributed by atoms with Gasteiger partial charge in [-0.05, 0) is 24.1 Å². The van der Waals surface area contributed by atoms with Gasteiger partial charge in [-0.2, -0.15) is 10.1 Å². The first-order chi connectivity index (χ1) is 17.1. The smallest absolute Gasteiger partial charge is 0.364 e. The summed E-state index contributed by atoms with van der Waals surface area (Å²) in [6.45, 7) is 3.62. The first-order valence-corrected chi connectivity index (χ1v) is 11.3. The minimum absolute atomic E-state index is 0.0492. The van der Waals surface area contributed by atoms with Crippen molar-refractivity contribution in [3.8, 4) is 34.0 Å². The molecule has 3 aromatic carbocycles. The molecule has 7 heteroatoms. The predicted molar refractivity (Wildman–Crippen MR) is 136 cm³/mol. The molecule has 0 aliphatic heterocycles. The van der Waals surface area contributed by atoms with Gasteiger partial charge in [-0.3, -0.25) is 0 Å². The third-order valence-corrected chi connectivity index (χ3v) is 5.39. The van der Waals surface area contributed by atoms with Crippen LogP contribution in [0.5, 0.6) is 11.5 Å². The van der Waals surface area contributed by atoms with Crippen LogP contribution in [0.3, 0.4) is 0 Å². The molecule has 1 unspecified atom stereocenters. The normalized spacial score (nSPS) is 11.6. The van der Waals surface area contributed by atoms with Crippen molar-refractivity contribution in [1.82, 2.24) is 14.8 Å². The molecule has 0 saturated carbocycles. The van der Waals surface area contributed by atoms with Crippen LogP contribution in [-0.2, 0) is 13.0 Å². The highest BCUT2D eigenvalue weighted by atomic mass is 16.5. The van der Waals surface area contributed by atoms with Gasteiger partial charge in [0.15, 0.2) is 11.5 Å². The average molecular weight is 470 g/mol. The molecular weight excluding hydrogens is 442 g/mol. The summed E-state index contributed by atoms with van der Waals surface area (Å²) in [6.07, 6.45) is 1.53. The zero-order valence-electron chi connectivity index (χ0n) is 19.5. The molecule has 1 aromatic heterocycles. The van der Waals surface area contributed by atoms with Crippen LogP contribution < -0.4 is 15.2 Å². The van der Waals surface area contributed by atoms with Crippen molar-refractivity contribution in [3.05, 3.63) is 108 Å². The number of allylic oxidation sites excluding steroid dienone is 1. The molecule has 0 aliphatic rings. The molecule has 0 fully saturated rings. The van der Waals surface area contributed by atoms with E-state index in [9.17, 15) is 9.90 Å². The van der Waals surface area contributed by atoms with Crippen LogP contribution in [0.1, 0.15) is 5.56 Å². The Kier molecular flexibility index (Phi) is 7.70. The largest absolute Gasteiger partial charge is 0.493 e. The number of aliphatic hydroxyl groups is 1. The van der Waals surface area contributed by atoms with E-state index in [1.807, 2.05) is 78.9 Å². The molecule has 0 aliphatic carbocycles. The fourth-order valence-electron chi connectivity index (χ4n) is 3.69. The number of methoxy groups -OCH3 is 1. The standard InChI is InChI=1S/C28H27N3O4/c1-3-10-20-15-16-24(25(17-20)34-2)35-19-23(32)18-31-28(33)29-26(21-11-6-4-7-12-21)27(30-31)22-13-8-5-9-14-22/h3-9,11-17,23,32H,1,10,18-19H2,2H3. The van der Waals surface area contributed by atoms with Crippen LogP contribution in [0.2, 0.25) is 0 Å². The van der Waals surface area contributed by atoms with Gasteiger partial charge in [0.25, 0.3) is 0 Å². The molecule has 7 nitrogen and oxygen atoms in total. The van der Waals surface area contributed by atoms with Gasteiger partial charge >= 0.3 is 5.69 Å². The van der Waals surface area contributed by atoms with Gasteiger partial charge in [0.1, 0.15) is 24.1 Å². The van der Waals surface area contributed by atoms with Crippen molar-refractivity contribution in [1.29, 1.82) is 0 Å². The third kappa shape index (κ3) is 5.83. The molecule has 4 rings (SSSR count). The summed E-state index contributed by atoms with van der Waals surface area (Å²) in [7, 11) is 1.56. The topological polar surface area (TPSA) is 86.5 Å². The van der Waals surface area contributed by atoms with Crippen LogP contribution >= 0.6 is 0 Å². The molecule has 1 atom stereocenters. The molecule has 4 aromatic rings. The lowest BCUT2D eigenvalue weighted by molar-refractivity contribution is 0.0862. The van der Waals surface area contributed by atoms with Crippen LogP contribution in [0, 0.1) is 0 Å². The van der Waals surface area contributed by atoms with Crippen molar-refractivity contribution in [2.45, 2.75) is 19.1 Å². The van der Waals surface area contributed by atoms with E-state index in [0.717, 1.165) is 16.7 Å². The molecule has 0 radical (unpaired) electrons. The van der Waals surface area contributed by atoms with E-state index in [0.29, 0.717) is 29.3 Å². The van der Waals surface area contributed by atoms with E-state index in [-0.39, 0.29) is 13.2 Å². The van der Waals surface area contributed by atoms with E-state index in [1.54, 1.807) is 13.2 Å². The highest BCUT2D eigenvalue weighted by molar-refractivity contribution is 5.77. The molecule has 0 bridgehead atoms. The Morgan fingerprint density at radius 3 is 2.26 bits per heavy atom. The Morgan fingerprint density at radius 1 is 0.971 bits per heavy atom. The Labute approximate surface area is 203 Å². The molecule has 0 saturated heterocycles. The molecule has 1 heterocycles. The van der Waals surface area contributed by atoms with E-state index in [2.05, 4.69) is 16.7 Å². The van der Waals surface area contributed by atoms with Gasteiger partial charge in [-0.15, -0.1) is 6.58 Å². The number of ether oxygens (including phenoxy) is 2. The van der Waals surface area contributed by atoms with Crippen molar-refractivity contribution in [3.63, 3.8) is 0 Å². The van der Waals surface area contributed by atoms with E-state index < -0.39 is 11.8 Å². The summed E-state index contributed by atoms with van der Waals surface area (Å²) in [5.41, 5.74) is 3.16. The van der Waals surface area contributed by atoms with Gasteiger partial charge in [0, 0.05) is 11.1 Å². The van der Waals surface area contributed by atoms with Crippen LogP contribution in [0.4, 0.5) is 0 Å². The number of aromatic nitrogens is 3. The number of rotatable bonds is 10. The minimum Gasteiger partial charge on any atom is -0.493 e. The highest BCUT2D eigenvalue weighted by Crippen LogP contribution is 2.29. The van der Waals surface area contributed by atoms with Gasteiger partial charge in [-0.1, -0.05) is 72.8 Å². The van der Waals surface area contributed by atoms with Gasteiger partial charge in [-0.25, -0.2) is 9.48 Å². The quantitative estimate of drug-likeness (QED) is 0.351. The maximum Gasteiger partial charge on any atom is 0.364 e. The van der Waals surface area contributed by atoms with E-state index in [1.165, 1.54) is 4.68 Å². The molecule has 178 valence electrons. The number of hydrogen-bond acceptors (Lipinski definition) is 6. The lowest BCUT2D eigenvalue weighted by atomic mass is 10.0. The number of nitrogens with zero attached hydrogens (tertiary/aromatic N) is 3. The first kappa shape index (κ1) is 23.9. The van der Waals surface area contributed by atoms with Crippen molar-refractivity contribution in [2.75, 3.05) is 13.7 Å². The SMILES string of the molecule is C=CCc1ccc(OCC(O)Cn2nc(-c3ccccc3)c(-c3ccccc3)nc2=O)c(OC)c1. The van der Waals surface area contributed by atoms with Crippen LogP contribution in [-0.4, -0.2) is 39.7 Å². The second kappa shape index (κ2) is 11.3. The second-order valence-electron chi connectivity index (χ2n) is 7.95. The molecule has 1 N–H and O–H groups in total. The summed E-state index contributed by atoms with van der Waals surface area (Å²) in [5.74, 6) is 1.06. The first-order valence-electron chi connectivity index (χ1n) is 11.3. The lowest BCUT2D eigenvalue weighted by Gasteiger charge is -2.16. The second-order valence-corrected chi connectivity index (χ2v) is 7.95. The number of benzene rings is 3. The summed E-state index contributed by atoms with van der Waals surface area (Å²) in [5, 5.41) is 15.2. The summed E-state index contributed by atoms with van der Waals surface area (Å²) < 4.78 is 12.4. The fourth-order valence-corrected chi connectivity index (χ4v) is 3.69. The molecular formula is C28H27N3O4. The van der Waals surface area contributed by atoms with Crippen LogP contribution in [0.15, 0.2) is 96.3 Å². The zero-order chi connectivity index (χ0) is 24.6. The van der Waals surface area contributed by atoms with Gasteiger partial charge < -0.3 is 14.6 Å². The van der Waals surface area contributed by atoms with E-state index >= 15 is 0 Å². The molecule has 0 amide bonds. The number of aliphatic hydroxyl groups excluding tert-OH is 1. The van der Waals surface area contributed by atoms with Crippen molar-refractivity contribution in [2.24, 2.45) is 0 Å². The summed E-state index contributed by atoms with van der Waals surface area (Å²) in [6, 6.07) is 24.5. The highest BCUT2D eigenvalue weighted by Gasteiger charge is 2.17. The number of hydrogen-bond donors (Lipinski definition) is 1. The van der Waals surface area contributed by atoms with Gasteiger partial charge in [0.05, 0.1) is 13.7 Å². The molecule has 0 spiro atoms. The Hall–Kier alpha value is -4.23. The summed E-state index contributed by atoms with van der Waals surface area (Å²) in [4.78, 5) is 17.1. The van der Waals surface area contributed by atoms with Crippen molar-refractivity contribution >= 4 is 0 Å². The third-order valence-electron chi connectivity index (χ3n) is 5.39. The summed E-state index contributed by atoms with van der Waals surface area (Å²) >= 11 is 0. The molecule has 35 heavy (non-hydrogen) atoms. The maximum atomic E-state index is 12.8. The Morgan fingerprint density at radius 2 is 1.63 bits per heavy atom. The minimum atomic E-state index is -0.995. The average Bonchev–Trinajstić information content (AvgIpc) is 2.90. The lowest BCUT2D eigenvalue weighted by Crippen LogP contribution is -2.34. The predicted octanol–water partition coefficient (Wildman–Crippen LogP) is 4.15. The van der Waals surface area contributed by atoms with Crippen molar-refractivity contribution < 1.29 is 14.6 Å². The van der Waals surface area contributed by atoms with Gasteiger partial charge in [0.2, 0.25) is 0 Å². The monoisotopic (exact) mass is 469 g/mol. The Bertz CT molecular complexity index is 1340. The Balaban J connectivity index is 1.56. The van der Waals surface area contributed by atoms with Crippen LogP contribution in [0.25, 0.3) is 22.5 Å². The fraction of sp³-hybridized carbons (Fsp3) is 0.179.